The number of esters is 1. The Morgan fingerprint density at radius 2 is 1.80 bits per heavy atom. The SMILES string of the molecule is COc1ccc([Si](C)(C)[C@H]2[C@H](CC(=O)N(CCO)Cc3ccccc3)O[C@@]3(C(=O)Nc4ccc(N5C(=O)CC5OC(C)=O)cc43)[C@@H]2C)cc1. The summed E-state index contributed by atoms with van der Waals surface area (Å²) in [7, 11) is -0.900. The van der Waals surface area contributed by atoms with Gasteiger partial charge < -0.3 is 29.5 Å². The van der Waals surface area contributed by atoms with Crippen LogP contribution in [0.5, 0.6) is 5.75 Å². The molecule has 0 saturated carbocycles. The van der Waals surface area contributed by atoms with E-state index < -0.39 is 32.0 Å². The number of fused-ring (bicyclic) bond motifs is 2. The van der Waals surface area contributed by atoms with Gasteiger partial charge in [-0.3, -0.25) is 24.1 Å². The van der Waals surface area contributed by atoms with Crippen LogP contribution < -0.4 is 20.1 Å². The van der Waals surface area contributed by atoms with Crippen molar-refractivity contribution in [3.8, 4) is 5.75 Å². The minimum Gasteiger partial charge on any atom is -0.497 e. The average molecular weight is 686 g/mol. The summed E-state index contributed by atoms with van der Waals surface area (Å²) in [6.07, 6.45) is -1.28. The minimum atomic E-state index is -2.52. The number of ether oxygens (including phenoxy) is 3. The zero-order chi connectivity index (χ0) is 35.1. The number of methoxy groups -OCH3 is 1. The molecule has 1 spiro atoms. The maximum absolute atomic E-state index is 14.2. The Kier molecular flexibility index (Phi) is 9.40. The van der Waals surface area contributed by atoms with Gasteiger partial charge >= 0.3 is 5.97 Å². The second-order valence-corrected chi connectivity index (χ2v) is 18.3. The number of benzene rings is 3. The van der Waals surface area contributed by atoms with Gasteiger partial charge in [-0.05, 0) is 41.4 Å². The lowest BCUT2D eigenvalue weighted by Crippen LogP contribution is -2.55. The molecule has 5 atom stereocenters. The van der Waals surface area contributed by atoms with Gasteiger partial charge in [-0.1, -0.05) is 67.7 Å². The van der Waals surface area contributed by atoms with Gasteiger partial charge in [-0.15, -0.1) is 0 Å². The molecule has 0 aromatic heterocycles. The molecule has 6 rings (SSSR count). The van der Waals surface area contributed by atoms with Gasteiger partial charge in [0.15, 0.2) is 11.8 Å². The first kappa shape index (κ1) is 34.3. The first-order valence-corrected chi connectivity index (χ1v) is 19.7. The van der Waals surface area contributed by atoms with Crippen LogP contribution in [0.25, 0.3) is 0 Å². The maximum atomic E-state index is 14.2. The number of aliphatic hydroxyl groups is 1. The lowest BCUT2D eigenvalue weighted by molar-refractivity contribution is -0.154. The van der Waals surface area contributed by atoms with Crippen molar-refractivity contribution in [3.63, 3.8) is 0 Å². The van der Waals surface area contributed by atoms with E-state index in [1.54, 1.807) is 30.2 Å². The smallest absolute Gasteiger partial charge is 0.304 e. The first-order chi connectivity index (χ1) is 23.4. The Bertz CT molecular complexity index is 1750. The van der Waals surface area contributed by atoms with E-state index in [0.717, 1.165) is 16.5 Å². The number of anilines is 2. The highest BCUT2D eigenvalue weighted by Crippen LogP contribution is 2.59. The fraction of sp³-hybridized carbons (Fsp3) is 0.405. The predicted octanol–water partition coefficient (Wildman–Crippen LogP) is 3.90. The van der Waals surface area contributed by atoms with Gasteiger partial charge in [0.2, 0.25) is 11.8 Å². The van der Waals surface area contributed by atoms with Gasteiger partial charge in [-0.2, -0.15) is 0 Å². The summed E-state index contributed by atoms with van der Waals surface area (Å²) in [5.41, 5.74) is 0.946. The summed E-state index contributed by atoms with van der Waals surface area (Å²) >= 11 is 0. The van der Waals surface area contributed by atoms with Crippen molar-refractivity contribution in [2.75, 3.05) is 30.5 Å². The number of β-lactam (4-membered cyclic amide) rings is 1. The molecule has 3 aliphatic heterocycles. The van der Waals surface area contributed by atoms with E-state index in [1.807, 2.05) is 49.4 Å². The van der Waals surface area contributed by atoms with Crippen molar-refractivity contribution >= 4 is 48.3 Å². The second kappa shape index (κ2) is 13.4. The molecular formula is C37H43N3O8Si. The number of carbonyl (C=O) groups excluding carboxylic acids is 4. The maximum Gasteiger partial charge on any atom is 0.304 e. The normalized spacial score (nSPS) is 24.3. The highest BCUT2D eigenvalue weighted by Gasteiger charge is 2.65. The fourth-order valence-corrected chi connectivity index (χ4v) is 12.0. The topological polar surface area (TPSA) is 135 Å². The molecule has 2 saturated heterocycles. The molecule has 3 heterocycles. The van der Waals surface area contributed by atoms with Crippen molar-refractivity contribution < 1.29 is 38.5 Å². The van der Waals surface area contributed by atoms with Crippen LogP contribution in [-0.2, 0) is 40.8 Å². The molecule has 0 bridgehead atoms. The Labute approximate surface area is 287 Å². The zero-order valence-electron chi connectivity index (χ0n) is 28.5. The van der Waals surface area contributed by atoms with Gasteiger partial charge in [0.05, 0.1) is 40.7 Å². The Morgan fingerprint density at radius 1 is 1.08 bits per heavy atom. The monoisotopic (exact) mass is 685 g/mol. The molecule has 1 unspecified atom stereocenters. The number of carbonyl (C=O) groups is 4. The molecule has 49 heavy (non-hydrogen) atoms. The third-order valence-corrected chi connectivity index (χ3v) is 14.7. The standard InChI is InChI=1S/C37H43N3O8Si/c1-23-35(49(4,5)28-14-12-27(46-3)13-15-28)31(20-32(43)39(17-18-41)22-25-9-7-6-8-10-25)48-37(23)29-19-26(11-16-30(29)38-36(37)45)40-33(44)21-34(40)47-24(2)42/h6-16,19,23,31,34-35,41H,17-18,20-22H2,1-5H3,(H,38,45)/t23-,31+,34?,35-,37+/m1/s1. The number of nitrogens with one attached hydrogen (secondary N) is 1. The van der Waals surface area contributed by atoms with E-state index >= 15 is 0 Å². The summed E-state index contributed by atoms with van der Waals surface area (Å²) in [6, 6.07) is 22.8. The molecule has 3 aromatic rings. The lowest BCUT2D eigenvalue weighted by Gasteiger charge is -2.39. The van der Waals surface area contributed by atoms with Crippen molar-refractivity contribution in [2.24, 2.45) is 5.92 Å². The van der Waals surface area contributed by atoms with E-state index in [-0.39, 0.29) is 55.2 Å². The van der Waals surface area contributed by atoms with Crippen LogP contribution in [0.4, 0.5) is 11.4 Å². The lowest BCUT2D eigenvalue weighted by atomic mass is 9.82. The Morgan fingerprint density at radius 3 is 2.43 bits per heavy atom. The van der Waals surface area contributed by atoms with Crippen LogP contribution in [0.3, 0.4) is 0 Å². The molecule has 2 fully saturated rings. The largest absolute Gasteiger partial charge is 0.497 e. The molecule has 2 N–H and O–H groups in total. The van der Waals surface area contributed by atoms with E-state index in [9.17, 15) is 24.3 Å². The summed E-state index contributed by atoms with van der Waals surface area (Å²) in [4.78, 5) is 55.8. The van der Waals surface area contributed by atoms with E-state index in [1.165, 1.54) is 11.8 Å². The van der Waals surface area contributed by atoms with Crippen molar-refractivity contribution in [2.45, 2.75) is 69.8 Å². The number of aliphatic hydroxyl groups excluding tert-OH is 1. The first-order valence-electron chi connectivity index (χ1n) is 16.6. The molecule has 12 heteroatoms. The summed E-state index contributed by atoms with van der Waals surface area (Å²) in [5.74, 6) is -0.836. The van der Waals surface area contributed by atoms with Crippen LogP contribution in [0, 0.1) is 5.92 Å². The van der Waals surface area contributed by atoms with Crippen LogP contribution >= 0.6 is 0 Å². The molecule has 258 valence electrons. The molecule has 3 aliphatic rings. The third kappa shape index (κ3) is 6.13. The highest BCUT2D eigenvalue weighted by molar-refractivity contribution is 6.91. The quantitative estimate of drug-likeness (QED) is 0.176. The summed E-state index contributed by atoms with van der Waals surface area (Å²) in [5, 5.41) is 14.0. The average Bonchev–Trinajstić information content (AvgIpc) is 3.52. The van der Waals surface area contributed by atoms with Gasteiger partial charge in [-0.25, -0.2) is 0 Å². The highest BCUT2D eigenvalue weighted by atomic mass is 28.3. The Hall–Kier alpha value is -4.52. The number of amides is 3. The molecule has 0 aliphatic carbocycles. The van der Waals surface area contributed by atoms with E-state index in [2.05, 4.69) is 30.5 Å². The van der Waals surface area contributed by atoms with Crippen LogP contribution in [0.15, 0.2) is 72.8 Å². The van der Waals surface area contributed by atoms with Crippen molar-refractivity contribution in [3.05, 3.63) is 83.9 Å². The molecule has 3 aromatic carbocycles. The molecular weight excluding hydrogens is 643 g/mol. The minimum absolute atomic E-state index is 0.0115. The van der Waals surface area contributed by atoms with Crippen LogP contribution in [-0.4, -0.2) is 74.4 Å². The number of hydrogen-bond donors (Lipinski definition) is 2. The van der Waals surface area contributed by atoms with Crippen LogP contribution in [0.1, 0.15) is 37.8 Å². The Balaban J connectivity index is 1.40. The summed E-state index contributed by atoms with van der Waals surface area (Å²) in [6.45, 7) is 8.08. The van der Waals surface area contributed by atoms with Gasteiger partial charge in [0.25, 0.3) is 5.91 Å². The van der Waals surface area contributed by atoms with Crippen molar-refractivity contribution in [1.29, 1.82) is 0 Å². The van der Waals surface area contributed by atoms with Crippen molar-refractivity contribution in [1.82, 2.24) is 4.90 Å². The molecule has 3 amide bonds. The van der Waals surface area contributed by atoms with Gasteiger partial charge in [0.1, 0.15) is 5.75 Å². The van der Waals surface area contributed by atoms with Gasteiger partial charge in [0, 0.05) is 42.9 Å². The number of nitrogens with zero attached hydrogens (tertiary/aromatic N) is 2. The van der Waals surface area contributed by atoms with Crippen LogP contribution in [0.2, 0.25) is 18.6 Å². The fourth-order valence-electron chi connectivity index (χ4n) is 7.97. The zero-order valence-corrected chi connectivity index (χ0v) is 29.5. The van der Waals surface area contributed by atoms with E-state index in [4.69, 9.17) is 14.2 Å². The predicted molar refractivity (Wildman–Crippen MR) is 186 cm³/mol. The number of hydrogen-bond acceptors (Lipinski definition) is 8. The van der Waals surface area contributed by atoms with E-state index in [0.29, 0.717) is 23.5 Å². The number of rotatable bonds is 11. The molecule has 0 radical (unpaired) electrons. The second-order valence-electron chi connectivity index (χ2n) is 13.6. The third-order valence-electron chi connectivity index (χ3n) is 10.4. The summed E-state index contributed by atoms with van der Waals surface area (Å²) < 4.78 is 17.8. The molecule has 11 nitrogen and oxygen atoms in total.